The fraction of sp³-hybridized carbons (Fsp3) is 0.621. The number of fused-ring (bicyclic) bond motifs is 3. The number of rotatable bonds is 8. The number of primary amides is 1. The highest BCUT2D eigenvalue weighted by Crippen LogP contribution is 2.53. The highest BCUT2D eigenvalue weighted by Gasteiger charge is 2.67. The number of carbonyl (C=O) groups excluding carboxylic acids is 3. The molecule has 0 heterocycles. The van der Waals surface area contributed by atoms with Crippen LogP contribution >= 0.6 is 0 Å². The molecule has 0 bridgehead atoms. The maximum Gasteiger partial charge on any atom is 0.230 e. The van der Waals surface area contributed by atoms with Gasteiger partial charge in [-0.05, 0) is 63.4 Å². The minimum Gasteiger partial charge on any atom is -0.507 e. The Morgan fingerprint density at radius 1 is 1.20 bits per heavy atom. The first kappa shape index (κ1) is 30.0. The number of likely N-dealkylation sites (N-methyl/N-ethyl adjacent to an activating group) is 1. The summed E-state index contributed by atoms with van der Waals surface area (Å²) in [4.78, 5) is 43.2. The summed E-state index contributed by atoms with van der Waals surface area (Å²) in [5.41, 5.74) is 4.68. The average Bonchev–Trinajstić information content (AvgIpc) is 2.84. The van der Waals surface area contributed by atoms with Crippen LogP contribution in [0.1, 0.15) is 43.4 Å². The number of anilines is 1. The lowest BCUT2D eigenvalue weighted by atomic mass is 9.54. The largest absolute Gasteiger partial charge is 0.507 e. The molecule has 3 aliphatic carbocycles. The minimum atomic E-state index is -2.67. The van der Waals surface area contributed by atoms with Crippen molar-refractivity contribution >= 4 is 28.9 Å². The number of amides is 1. The molecule has 11 nitrogen and oxygen atoms in total. The van der Waals surface area contributed by atoms with E-state index in [0.717, 1.165) is 18.7 Å². The molecule has 40 heavy (non-hydrogen) atoms. The molecule has 1 aromatic rings. The molecule has 3 aliphatic rings. The van der Waals surface area contributed by atoms with Crippen LogP contribution in [0.5, 0.6) is 5.75 Å². The van der Waals surface area contributed by atoms with E-state index in [4.69, 9.17) is 5.73 Å². The van der Waals surface area contributed by atoms with Gasteiger partial charge in [-0.3, -0.25) is 14.4 Å². The molecule has 0 aliphatic heterocycles. The molecule has 2 saturated carbocycles. The second kappa shape index (κ2) is 10.8. The summed E-state index contributed by atoms with van der Waals surface area (Å²) < 4.78 is 0. The molecule has 0 radical (unpaired) electrons. The van der Waals surface area contributed by atoms with Gasteiger partial charge in [-0.15, -0.1) is 0 Å². The molecule has 7 N–H and O–H groups in total. The van der Waals surface area contributed by atoms with Crippen molar-refractivity contribution in [2.45, 2.75) is 57.4 Å². The summed E-state index contributed by atoms with van der Waals surface area (Å²) in [6.45, 7) is 5.30. The molecule has 2 fully saturated rings. The van der Waals surface area contributed by atoms with Crippen molar-refractivity contribution in [1.29, 1.82) is 0 Å². The first-order valence-corrected chi connectivity index (χ1v) is 13.8. The summed E-state index contributed by atoms with van der Waals surface area (Å²) in [6, 6.07) is 0.944. The maximum atomic E-state index is 14.0. The summed E-state index contributed by atoms with van der Waals surface area (Å²) in [6.07, 6.45) is -0.218. The van der Waals surface area contributed by atoms with Crippen LogP contribution in [0.4, 0.5) is 5.69 Å². The van der Waals surface area contributed by atoms with Gasteiger partial charge >= 0.3 is 0 Å². The molecule has 220 valence electrons. The number of carbonyl (C=O) groups is 3. The van der Waals surface area contributed by atoms with Gasteiger partial charge in [0, 0.05) is 49.4 Å². The van der Waals surface area contributed by atoms with Crippen molar-refractivity contribution in [3.63, 3.8) is 0 Å². The number of Topliss-reactive ketones (excluding diaryl/α,β-unsaturated/α-hetero) is 2. The molecule has 0 aromatic heterocycles. The third kappa shape index (κ3) is 4.58. The van der Waals surface area contributed by atoms with Crippen LogP contribution in [0.25, 0.3) is 5.76 Å². The Balaban J connectivity index is 1.85. The van der Waals surface area contributed by atoms with Crippen molar-refractivity contribution in [3.8, 4) is 5.75 Å². The Bertz CT molecular complexity index is 1260. The van der Waals surface area contributed by atoms with Crippen LogP contribution < -0.4 is 16.0 Å². The Kier molecular flexibility index (Phi) is 8.07. The van der Waals surface area contributed by atoms with E-state index in [1.54, 1.807) is 19.0 Å². The summed E-state index contributed by atoms with van der Waals surface area (Å²) in [5.74, 6) is -6.89. The normalized spacial score (nSPS) is 29.9. The second-order valence-electron chi connectivity index (χ2n) is 12.3. The van der Waals surface area contributed by atoms with Gasteiger partial charge in [-0.1, -0.05) is 13.8 Å². The Morgan fingerprint density at radius 2 is 1.85 bits per heavy atom. The molecule has 4 rings (SSSR count). The van der Waals surface area contributed by atoms with E-state index in [1.807, 2.05) is 25.1 Å². The fourth-order valence-electron chi connectivity index (χ4n) is 6.85. The molecule has 3 unspecified atom stereocenters. The standard InChI is InChI=1S/C29H42N4O7/c1-13(2)7-8-31-12-15-11-18(32(3)4)16-9-14-10-17-22(33(5)6)25(36)21(28(30)39)27(38)29(17,40)26(37)19(14)24(35)20(16)23(15)34/h11,13-14,17,21-22,25,31,34-36,40H,7-10,12H2,1-6H3,(H2,30,39)/t14-,17-,21?,22?,25?,29-/m1/s1. The number of nitrogens with one attached hydrogen (secondary N) is 1. The lowest BCUT2D eigenvalue weighted by molar-refractivity contribution is -0.184. The topological polar surface area (TPSA) is 177 Å². The summed E-state index contributed by atoms with van der Waals surface area (Å²) >= 11 is 0. The number of phenolic OH excluding ortho intramolecular Hbond substituents is 1. The van der Waals surface area contributed by atoms with Gasteiger partial charge < -0.3 is 41.3 Å². The minimum absolute atomic E-state index is 0.0876. The number of hydrogen-bond donors (Lipinski definition) is 6. The molecule has 11 heteroatoms. The number of aromatic hydroxyl groups is 1. The summed E-state index contributed by atoms with van der Waals surface area (Å²) in [5, 5.41) is 49.0. The molecule has 1 aromatic carbocycles. The van der Waals surface area contributed by atoms with E-state index in [0.29, 0.717) is 23.6 Å². The van der Waals surface area contributed by atoms with Crippen LogP contribution in [0, 0.1) is 23.7 Å². The third-order valence-corrected chi connectivity index (χ3v) is 8.84. The molecule has 1 amide bonds. The van der Waals surface area contributed by atoms with E-state index in [2.05, 4.69) is 19.2 Å². The Hall–Kier alpha value is -2.99. The summed E-state index contributed by atoms with van der Waals surface area (Å²) in [7, 11) is 6.97. The zero-order valence-corrected chi connectivity index (χ0v) is 24.1. The predicted molar refractivity (Wildman–Crippen MR) is 150 cm³/mol. The van der Waals surface area contributed by atoms with E-state index in [9.17, 15) is 34.8 Å². The van der Waals surface area contributed by atoms with Crippen molar-refractivity contribution in [2.24, 2.45) is 29.4 Å². The molecule has 0 spiro atoms. The quantitative estimate of drug-likeness (QED) is 0.193. The number of phenols is 1. The van der Waals surface area contributed by atoms with Crippen molar-refractivity contribution < 1.29 is 34.8 Å². The lowest BCUT2D eigenvalue weighted by Gasteiger charge is -2.53. The zero-order valence-electron chi connectivity index (χ0n) is 24.1. The number of aliphatic hydroxyl groups excluding tert-OH is 2. The Morgan fingerprint density at radius 3 is 2.40 bits per heavy atom. The third-order valence-electron chi connectivity index (χ3n) is 8.84. The van der Waals surface area contributed by atoms with Crippen LogP contribution in [0.2, 0.25) is 0 Å². The first-order chi connectivity index (χ1) is 18.6. The number of hydrogen-bond acceptors (Lipinski definition) is 10. The van der Waals surface area contributed by atoms with Gasteiger partial charge in [0.1, 0.15) is 17.4 Å². The number of ketones is 2. The van der Waals surface area contributed by atoms with E-state index in [-0.39, 0.29) is 29.7 Å². The molecular formula is C29H42N4O7. The van der Waals surface area contributed by atoms with Crippen molar-refractivity contribution in [2.75, 3.05) is 39.6 Å². The van der Waals surface area contributed by atoms with Crippen molar-refractivity contribution in [1.82, 2.24) is 10.2 Å². The number of benzene rings is 1. The second-order valence-corrected chi connectivity index (χ2v) is 12.3. The van der Waals surface area contributed by atoms with Gasteiger partial charge in [-0.25, -0.2) is 0 Å². The number of aliphatic hydroxyl groups is 3. The highest BCUT2D eigenvalue weighted by molar-refractivity contribution is 6.25. The Labute approximate surface area is 234 Å². The number of nitrogens with zero attached hydrogens (tertiary/aromatic N) is 2. The van der Waals surface area contributed by atoms with Gasteiger partial charge in [0.15, 0.2) is 11.4 Å². The van der Waals surface area contributed by atoms with Gasteiger partial charge in [0.2, 0.25) is 11.7 Å². The SMILES string of the molecule is CC(C)CCNCc1cc(N(C)C)c2c(c1O)C(O)=C1C(=O)[C@@]3(O)C(=O)C(C(N)=O)C(O)C(N(C)C)[C@H]3C[C@H]1C2. The monoisotopic (exact) mass is 558 g/mol. The first-order valence-electron chi connectivity index (χ1n) is 13.8. The van der Waals surface area contributed by atoms with Crippen molar-refractivity contribution in [3.05, 3.63) is 28.3 Å². The highest BCUT2D eigenvalue weighted by atomic mass is 16.3. The van der Waals surface area contributed by atoms with Crippen LogP contribution in [-0.2, 0) is 27.3 Å². The van der Waals surface area contributed by atoms with E-state index >= 15 is 0 Å². The molecular weight excluding hydrogens is 516 g/mol. The zero-order chi connectivity index (χ0) is 29.8. The van der Waals surface area contributed by atoms with Crippen LogP contribution in [0.3, 0.4) is 0 Å². The van der Waals surface area contributed by atoms with Gasteiger partial charge in [0.25, 0.3) is 0 Å². The van der Waals surface area contributed by atoms with Crippen LogP contribution in [0.15, 0.2) is 11.6 Å². The molecule has 6 atom stereocenters. The van der Waals surface area contributed by atoms with E-state index in [1.165, 1.54) is 0 Å². The number of nitrogens with two attached hydrogens (primary N) is 1. The lowest BCUT2D eigenvalue weighted by Crippen LogP contribution is -2.73. The van der Waals surface area contributed by atoms with E-state index < -0.39 is 58.7 Å². The smallest absolute Gasteiger partial charge is 0.230 e. The van der Waals surface area contributed by atoms with Gasteiger partial charge in [-0.2, -0.15) is 0 Å². The molecule has 0 saturated heterocycles. The fourth-order valence-corrected chi connectivity index (χ4v) is 6.85. The van der Waals surface area contributed by atoms with Gasteiger partial charge in [0.05, 0.1) is 11.7 Å². The van der Waals surface area contributed by atoms with Crippen LogP contribution in [-0.4, -0.2) is 95.3 Å². The maximum absolute atomic E-state index is 14.0. The average molecular weight is 559 g/mol. The predicted octanol–water partition coefficient (Wildman–Crippen LogP) is 0.331.